The van der Waals surface area contributed by atoms with Crippen molar-refractivity contribution in [2.75, 3.05) is 6.54 Å². The molecular weight excluding hydrogens is 475 g/mol. The third-order valence-corrected chi connectivity index (χ3v) is 7.86. The van der Waals surface area contributed by atoms with Crippen LogP contribution in [0.2, 0.25) is 0 Å². The van der Waals surface area contributed by atoms with Crippen molar-refractivity contribution < 1.29 is 14.3 Å². The number of carbonyl (C=O) groups is 1. The number of aromatic nitrogens is 1. The number of hydrogen-bond donors (Lipinski definition) is 2. The largest absolute Gasteiger partial charge is 0.478 e. The van der Waals surface area contributed by atoms with Gasteiger partial charge in [-0.15, -0.1) is 0 Å². The van der Waals surface area contributed by atoms with Crippen LogP contribution in [0.3, 0.4) is 0 Å². The molecule has 5 rings (SSSR count). The summed E-state index contributed by atoms with van der Waals surface area (Å²) in [6.07, 6.45) is 3.68. The van der Waals surface area contributed by atoms with Crippen molar-refractivity contribution in [3.63, 3.8) is 0 Å². The second kappa shape index (κ2) is 9.20. The fourth-order valence-corrected chi connectivity index (χ4v) is 6.34. The van der Waals surface area contributed by atoms with Crippen LogP contribution >= 0.6 is 11.6 Å². The maximum absolute atomic E-state index is 15.1. The fourth-order valence-electron chi connectivity index (χ4n) is 5.92. The predicted octanol–water partition coefficient (Wildman–Crippen LogP) is 7.53. The fraction of sp³-hybridized carbons (Fsp3) is 0.367. The zero-order valence-corrected chi connectivity index (χ0v) is 21.9. The van der Waals surface area contributed by atoms with E-state index < -0.39 is 11.6 Å². The van der Waals surface area contributed by atoms with E-state index in [9.17, 15) is 9.90 Å². The van der Waals surface area contributed by atoms with E-state index in [2.05, 4.69) is 48.0 Å². The van der Waals surface area contributed by atoms with Gasteiger partial charge in [0.15, 0.2) is 0 Å². The van der Waals surface area contributed by atoms with Gasteiger partial charge in [-0.25, -0.2) is 9.18 Å². The van der Waals surface area contributed by atoms with Crippen molar-refractivity contribution in [2.24, 2.45) is 0 Å². The first kappa shape index (κ1) is 24.8. The molecule has 1 aliphatic heterocycles. The van der Waals surface area contributed by atoms with Gasteiger partial charge in [-0.1, -0.05) is 48.0 Å². The van der Waals surface area contributed by atoms with E-state index in [1.165, 1.54) is 10.9 Å². The lowest BCUT2D eigenvalue weighted by molar-refractivity contribution is 0.0657. The Hall–Kier alpha value is -2.89. The van der Waals surface area contributed by atoms with Crippen LogP contribution in [-0.4, -0.2) is 39.2 Å². The predicted molar refractivity (Wildman–Crippen MR) is 143 cm³/mol. The number of para-hydroxylation sites is 1. The summed E-state index contributed by atoms with van der Waals surface area (Å²) < 4.78 is 15.1. The van der Waals surface area contributed by atoms with E-state index in [4.69, 9.17) is 11.6 Å². The van der Waals surface area contributed by atoms with Crippen LogP contribution < -0.4 is 0 Å². The average Bonchev–Trinajstić information content (AvgIpc) is 3.17. The number of halogens is 2. The molecule has 1 aromatic heterocycles. The van der Waals surface area contributed by atoms with Crippen molar-refractivity contribution in [1.29, 1.82) is 0 Å². The van der Waals surface area contributed by atoms with Gasteiger partial charge in [0, 0.05) is 40.1 Å². The highest BCUT2D eigenvalue weighted by Gasteiger charge is 2.41. The SMILES string of the molecule is CC1=CC(c2ccc(C(=O)O)cc2)CC(Cl)=C1[C@@H]1c2[nH]c3ccccc3c2C[C@@H](C)N1CC(C)(C)F. The molecule has 2 aromatic carbocycles. The number of fused-ring (bicyclic) bond motifs is 3. The summed E-state index contributed by atoms with van der Waals surface area (Å²) in [5.41, 5.74) is 5.53. The van der Waals surface area contributed by atoms with Gasteiger partial charge in [-0.3, -0.25) is 4.90 Å². The molecule has 0 bridgehead atoms. The maximum atomic E-state index is 15.1. The summed E-state index contributed by atoms with van der Waals surface area (Å²) in [4.78, 5) is 17.2. The number of hydrogen-bond acceptors (Lipinski definition) is 2. The number of nitrogens with one attached hydrogen (secondary N) is 1. The Balaban J connectivity index is 1.59. The molecule has 3 aromatic rings. The van der Waals surface area contributed by atoms with E-state index in [0.29, 0.717) is 13.0 Å². The summed E-state index contributed by atoms with van der Waals surface area (Å²) in [6.45, 7) is 7.82. The van der Waals surface area contributed by atoms with Gasteiger partial charge < -0.3 is 10.1 Å². The minimum Gasteiger partial charge on any atom is -0.478 e. The second-order valence-corrected chi connectivity index (χ2v) is 11.3. The molecule has 1 aliphatic carbocycles. The first-order valence-electron chi connectivity index (χ1n) is 12.5. The molecule has 0 fully saturated rings. The molecule has 0 saturated carbocycles. The number of nitrogens with zero attached hydrogens (tertiary/aromatic N) is 1. The summed E-state index contributed by atoms with van der Waals surface area (Å²) in [5, 5.41) is 11.2. The molecule has 36 heavy (non-hydrogen) atoms. The first-order valence-corrected chi connectivity index (χ1v) is 12.9. The topological polar surface area (TPSA) is 56.3 Å². The Morgan fingerprint density at radius 2 is 1.86 bits per heavy atom. The smallest absolute Gasteiger partial charge is 0.335 e. The molecule has 3 atom stereocenters. The lowest BCUT2D eigenvalue weighted by atomic mass is 9.79. The van der Waals surface area contributed by atoms with Crippen LogP contribution in [0.15, 0.2) is 70.8 Å². The number of rotatable bonds is 5. The van der Waals surface area contributed by atoms with Crippen LogP contribution in [0.1, 0.15) is 73.3 Å². The molecular formula is C30H32ClFN2O2. The molecule has 2 heterocycles. The van der Waals surface area contributed by atoms with Gasteiger partial charge in [0.2, 0.25) is 0 Å². The van der Waals surface area contributed by atoms with Crippen molar-refractivity contribution in [2.45, 2.75) is 64.2 Å². The number of aromatic amines is 1. The number of H-pyrrole nitrogens is 1. The third-order valence-electron chi connectivity index (χ3n) is 7.50. The number of alkyl halides is 1. The van der Waals surface area contributed by atoms with Gasteiger partial charge in [0.25, 0.3) is 0 Å². The van der Waals surface area contributed by atoms with Crippen LogP contribution in [0.25, 0.3) is 10.9 Å². The summed E-state index contributed by atoms with van der Waals surface area (Å²) in [7, 11) is 0. The number of benzene rings is 2. The Morgan fingerprint density at radius 1 is 1.17 bits per heavy atom. The van der Waals surface area contributed by atoms with Gasteiger partial charge in [-0.05, 0) is 81.0 Å². The standard InChI is InChI=1S/C30H32ClFN2O2/c1-17-13-21(19-9-11-20(12-10-19)29(35)36)15-24(31)26(17)28-27-23(22-7-5-6-8-25(22)33-27)14-18(2)34(28)16-30(3,4)32/h5-13,18,21,28,33H,14-16H2,1-4H3,(H,35,36)/t18-,21?,28-/m1/s1. The van der Waals surface area contributed by atoms with E-state index in [0.717, 1.165) is 39.4 Å². The van der Waals surface area contributed by atoms with E-state index in [-0.39, 0.29) is 23.6 Å². The lowest BCUT2D eigenvalue weighted by Gasteiger charge is -2.45. The number of carboxylic acid groups (broad SMARTS) is 1. The summed E-state index contributed by atoms with van der Waals surface area (Å²) in [5.74, 6) is -0.882. The van der Waals surface area contributed by atoms with Crippen molar-refractivity contribution in [3.8, 4) is 0 Å². The molecule has 0 spiro atoms. The first-order chi connectivity index (χ1) is 17.0. The van der Waals surface area contributed by atoms with Gasteiger partial charge in [0.1, 0.15) is 5.67 Å². The molecule has 1 unspecified atom stereocenters. The van der Waals surface area contributed by atoms with Crippen LogP contribution in [0.5, 0.6) is 0 Å². The minimum absolute atomic E-state index is 0.0540. The average molecular weight is 507 g/mol. The quantitative estimate of drug-likeness (QED) is 0.376. The minimum atomic E-state index is -1.36. The van der Waals surface area contributed by atoms with E-state index in [1.807, 2.05) is 18.2 Å². The molecule has 2 N–H and O–H groups in total. The molecule has 6 heteroatoms. The highest BCUT2D eigenvalue weighted by atomic mass is 35.5. The molecule has 188 valence electrons. The van der Waals surface area contributed by atoms with Gasteiger partial charge in [0.05, 0.1) is 11.6 Å². The zero-order chi connectivity index (χ0) is 25.8. The number of aromatic carboxylic acids is 1. The highest BCUT2D eigenvalue weighted by Crippen LogP contribution is 2.48. The maximum Gasteiger partial charge on any atom is 0.335 e. The third kappa shape index (κ3) is 4.51. The Labute approximate surface area is 216 Å². The van der Waals surface area contributed by atoms with Crippen molar-refractivity contribution in [1.82, 2.24) is 9.88 Å². The lowest BCUT2D eigenvalue weighted by Crippen LogP contribution is -2.48. The molecule has 0 radical (unpaired) electrons. The zero-order valence-electron chi connectivity index (χ0n) is 21.1. The molecule has 2 aliphatic rings. The molecule has 0 saturated heterocycles. The summed E-state index contributed by atoms with van der Waals surface area (Å²) in [6, 6.07) is 15.3. The molecule has 0 amide bonds. The van der Waals surface area contributed by atoms with E-state index >= 15 is 4.39 Å². The number of allylic oxidation sites excluding steroid dienone is 2. The Morgan fingerprint density at radius 3 is 2.50 bits per heavy atom. The van der Waals surface area contributed by atoms with Gasteiger partial charge in [-0.2, -0.15) is 0 Å². The van der Waals surface area contributed by atoms with Crippen LogP contribution in [0, 0.1) is 0 Å². The Bertz CT molecular complexity index is 1380. The summed E-state index contributed by atoms with van der Waals surface area (Å²) >= 11 is 7.10. The molecule has 4 nitrogen and oxygen atoms in total. The van der Waals surface area contributed by atoms with Crippen molar-refractivity contribution >= 4 is 28.5 Å². The van der Waals surface area contributed by atoms with Crippen LogP contribution in [0.4, 0.5) is 4.39 Å². The highest BCUT2D eigenvalue weighted by molar-refractivity contribution is 6.30. The number of carboxylic acids is 1. The normalized spacial score (nSPS) is 23.1. The Kier molecular flexibility index (Phi) is 6.34. The van der Waals surface area contributed by atoms with E-state index in [1.54, 1.807) is 26.0 Å². The van der Waals surface area contributed by atoms with Crippen LogP contribution in [-0.2, 0) is 6.42 Å². The second-order valence-electron chi connectivity index (χ2n) is 10.8. The van der Waals surface area contributed by atoms with Gasteiger partial charge >= 0.3 is 5.97 Å². The monoisotopic (exact) mass is 506 g/mol. The van der Waals surface area contributed by atoms with Crippen molar-refractivity contribution in [3.05, 3.63) is 93.2 Å².